The Kier molecular flexibility index (Phi) is 1.54. The average Bonchev–Trinajstić information content (AvgIpc) is 2.53. The van der Waals surface area contributed by atoms with Gasteiger partial charge in [0.15, 0.2) is 0 Å². The Morgan fingerprint density at radius 1 is 1.00 bits per heavy atom. The Balaban J connectivity index is 1.95. The lowest BCUT2D eigenvalue weighted by molar-refractivity contribution is 0.116. The zero-order valence-electron chi connectivity index (χ0n) is 7.60. The first-order valence-corrected chi connectivity index (χ1v) is 4.77. The molecule has 1 fully saturated rings. The van der Waals surface area contributed by atoms with Gasteiger partial charge < -0.3 is 9.47 Å². The molecule has 0 N–H and O–H groups in total. The lowest BCUT2D eigenvalue weighted by atomic mass is 9.88. The van der Waals surface area contributed by atoms with Crippen LogP contribution < -0.4 is 0 Å². The van der Waals surface area contributed by atoms with Crippen LogP contribution in [0.25, 0.3) is 0 Å². The van der Waals surface area contributed by atoms with Crippen LogP contribution in [0.4, 0.5) is 4.79 Å². The second-order valence-electron chi connectivity index (χ2n) is 3.74. The van der Waals surface area contributed by atoms with Crippen LogP contribution >= 0.6 is 0 Å². The molecule has 2 aliphatic rings. The van der Waals surface area contributed by atoms with Crippen LogP contribution in [-0.2, 0) is 22.3 Å². The van der Waals surface area contributed by atoms with Crippen molar-refractivity contribution in [2.75, 3.05) is 0 Å². The molecule has 0 aromatic heterocycles. The van der Waals surface area contributed by atoms with Crippen molar-refractivity contribution < 1.29 is 14.3 Å². The number of fused-ring (bicyclic) bond motifs is 2. The average molecular weight is 190 g/mol. The SMILES string of the molecule is O=C1OC2Cc3ccccc3CC2O1. The molecular formula is C11H10O3. The van der Waals surface area contributed by atoms with Gasteiger partial charge in [-0.15, -0.1) is 0 Å². The van der Waals surface area contributed by atoms with Gasteiger partial charge in [-0.25, -0.2) is 4.79 Å². The molecule has 3 nitrogen and oxygen atoms in total. The van der Waals surface area contributed by atoms with Crippen LogP contribution in [0.2, 0.25) is 0 Å². The maximum atomic E-state index is 10.9. The Labute approximate surface area is 81.6 Å². The number of hydrogen-bond donors (Lipinski definition) is 0. The molecule has 0 bridgehead atoms. The lowest BCUT2D eigenvalue weighted by Gasteiger charge is -2.23. The first-order chi connectivity index (χ1) is 6.83. The number of carbonyl (C=O) groups is 1. The molecule has 0 amide bonds. The molecule has 1 aliphatic heterocycles. The third-order valence-electron chi connectivity index (χ3n) is 2.87. The van der Waals surface area contributed by atoms with Crippen molar-refractivity contribution in [2.45, 2.75) is 25.0 Å². The van der Waals surface area contributed by atoms with Crippen molar-refractivity contribution in [1.29, 1.82) is 0 Å². The fourth-order valence-corrected chi connectivity index (χ4v) is 2.16. The zero-order chi connectivity index (χ0) is 9.54. The summed E-state index contributed by atoms with van der Waals surface area (Å²) in [4.78, 5) is 10.9. The molecule has 3 heteroatoms. The number of rotatable bonds is 0. The maximum absolute atomic E-state index is 10.9. The maximum Gasteiger partial charge on any atom is 0.509 e. The third-order valence-corrected chi connectivity index (χ3v) is 2.87. The molecule has 1 saturated heterocycles. The summed E-state index contributed by atoms with van der Waals surface area (Å²) in [6.07, 6.45) is 0.904. The van der Waals surface area contributed by atoms with Gasteiger partial charge in [-0.05, 0) is 11.1 Å². The summed E-state index contributed by atoms with van der Waals surface area (Å²) < 4.78 is 10.1. The molecule has 1 aromatic carbocycles. The highest BCUT2D eigenvalue weighted by Gasteiger charge is 2.39. The molecule has 0 radical (unpaired) electrons. The summed E-state index contributed by atoms with van der Waals surface area (Å²) in [5, 5.41) is 0. The summed E-state index contributed by atoms with van der Waals surface area (Å²) in [7, 11) is 0. The van der Waals surface area contributed by atoms with E-state index in [2.05, 4.69) is 12.1 Å². The summed E-state index contributed by atoms with van der Waals surface area (Å²) in [5.74, 6) is 0. The van der Waals surface area contributed by atoms with Gasteiger partial charge in [-0.1, -0.05) is 24.3 Å². The molecule has 2 unspecified atom stereocenters. The summed E-state index contributed by atoms with van der Waals surface area (Å²) in [5.41, 5.74) is 2.54. The first-order valence-electron chi connectivity index (χ1n) is 4.77. The number of carbonyl (C=O) groups excluding carboxylic acids is 1. The van der Waals surface area contributed by atoms with E-state index in [4.69, 9.17) is 9.47 Å². The molecule has 3 rings (SSSR count). The first kappa shape index (κ1) is 7.85. The minimum Gasteiger partial charge on any atom is -0.427 e. The smallest absolute Gasteiger partial charge is 0.427 e. The molecule has 72 valence electrons. The van der Waals surface area contributed by atoms with Crippen molar-refractivity contribution in [2.24, 2.45) is 0 Å². The van der Waals surface area contributed by atoms with Crippen molar-refractivity contribution in [1.82, 2.24) is 0 Å². The van der Waals surface area contributed by atoms with Gasteiger partial charge in [0, 0.05) is 12.8 Å². The molecule has 0 spiro atoms. The number of hydrogen-bond acceptors (Lipinski definition) is 3. The van der Waals surface area contributed by atoms with E-state index >= 15 is 0 Å². The second kappa shape index (κ2) is 2.74. The van der Waals surface area contributed by atoms with Crippen LogP contribution in [0.5, 0.6) is 0 Å². The quantitative estimate of drug-likeness (QED) is 0.584. The Morgan fingerprint density at radius 2 is 1.50 bits per heavy atom. The van der Waals surface area contributed by atoms with Crippen molar-refractivity contribution in [3.05, 3.63) is 35.4 Å². The molecule has 1 aliphatic carbocycles. The normalized spacial score (nSPS) is 28.7. The lowest BCUT2D eigenvalue weighted by Crippen LogP contribution is -2.31. The largest absolute Gasteiger partial charge is 0.509 e. The van der Waals surface area contributed by atoms with Crippen LogP contribution in [-0.4, -0.2) is 18.4 Å². The van der Waals surface area contributed by atoms with E-state index in [0.717, 1.165) is 12.8 Å². The predicted molar refractivity (Wildman–Crippen MR) is 49.0 cm³/mol. The predicted octanol–water partition coefficient (Wildman–Crippen LogP) is 1.69. The molecule has 1 heterocycles. The van der Waals surface area contributed by atoms with Gasteiger partial charge in [-0.3, -0.25) is 0 Å². The number of ether oxygens (including phenoxy) is 2. The van der Waals surface area contributed by atoms with E-state index in [1.165, 1.54) is 11.1 Å². The number of benzene rings is 1. The third kappa shape index (κ3) is 1.09. The highest BCUT2D eigenvalue weighted by atomic mass is 16.8. The van der Waals surface area contributed by atoms with E-state index in [0.29, 0.717) is 0 Å². The molecule has 2 atom stereocenters. The Morgan fingerprint density at radius 3 is 2.00 bits per heavy atom. The van der Waals surface area contributed by atoms with Gasteiger partial charge in [0.05, 0.1) is 0 Å². The highest BCUT2D eigenvalue weighted by Crippen LogP contribution is 2.29. The van der Waals surface area contributed by atoms with E-state index in [-0.39, 0.29) is 12.2 Å². The fraction of sp³-hybridized carbons (Fsp3) is 0.364. The monoisotopic (exact) mass is 190 g/mol. The van der Waals surface area contributed by atoms with Crippen molar-refractivity contribution in [3.8, 4) is 0 Å². The van der Waals surface area contributed by atoms with Crippen LogP contribution in [0.15, 0.2) is 24.3 Å². The van der Waals surface area contributed by atoms with E-state index in [9.17, 15) is 4.79 Å². The fourth-order valence-electron chi connectivity index (χ4n) is 2.16. The van der Waals surface area contributed by atoms with Crippen molar-refractivity contribution >= 4 is 6.16 Å². The van der Waals surface area contributed by atoms with Crippen LogP contribution in [0.3, 0.4) is 0 Å². The Bertz CT molecular complexity index is 351. The van der Waals surface area contributed by atoms with E-state index in [1.54, 1.807) is 0 Å². The van der Waals surface area contributed by atoms with Crippen molar-refractivity contribution in [3.63, 3.8) is 0 Å². The van der Waals surface area contributed by atoms with Gasteiger partial charge in [0.1, 0.15) is 12.2 Å². The van der Waals surface area contributed by atoms with Gasteiger partial charge in [0.2, 0.25) is 0 Å². The highest BCUT2D eigenvalue weighted by molar-refractivity contribution is 5.63. The molecule has 1 aromatic rings. The van der Waals surface area contributed by atoms with Gasteiger partial charge >= 0.3 is 6.16 Å². The minimum absolute atomic E-state index is 0.0719. The second-order valence-corrected chi connectivity index (χ2v) is 3.74. The Hall–Kier alpha value is -1.51. The topological polar surface area (TPSA) is 35.5 Å². The summed E-state index contributed by atoms with van der Waals surface area (Å²) in [6, 6.07) is 8.18. The minimum atomic E-state index is -0.521. The zero-order valence-corrected chi connectivity index (χ0v) is 7.60. The summed E-state index contributed by atoms with van der Waals surface area (Å²) in [6.45, 7) is 0. The van der Waals surface area contributed by atoms with Gasteiger partial charge in [0.25, 0.3) is 0 Å². The van der Waals surface area contributed by atoms with E-state index in [1.807, 2.05) is 12.1 Å². The molecular weight excluding hydrogens is 180 g/mol. The van der Waals surface area contributed by atoms with Crippen LogP contribution in [0, 0.1) is 0 Å². The summed E-state index contributed by atoms with van der Waals surface area (Å²) >= 11 is 0. The molecule has 0 saturated carbocycles. The van der Waals surface area contributed by atoms with Gasteiger partial charge in [-0.2, -0.15) is 0 Å². The van der Waals surface area contributed by atoms with E-state index < -0.39 is 6.16 Å². The molecule has 14 heavy (non-hydrogen) atoms. The standard InChI is InChI=1S/C11H10O3/c12-11-13-9-5-7-3-1-2-4-8(7)6-10(9)14-11/h1-4,9-10H,5-6H2. The van der Waals surface area contributed by atoms with Crippen LogP contribution in [0.1, 0.15) is 11.1 Å².